The molecule has 1 N–H and O–H groups in total. The van der Waals surface area contributed by atoms with Crippen LogP contribution in [0.1, 0.15) is 18.4 Å². The van der Waals surface area contributed by atoms with Crippen LogP contribution in [-0.4, -0.2) is 43.2 Å². The Balaban J connectivity index is 1.66. The van der Waals surface area contributed by atoms with Crippen LogP contribution in [0.25, 0.3) is 0 Å². The van der Waals surface area contributed by atoms with Gasteiger partial charge in [0.25, 0.3) is 5.91 Å². The summed E-state index contributed by atoms with van der Waals surface area (Å²) in [6, 6.07) is 7.11. The monoisotopic (exact) mass is 302 g/mol. The quantitative estimate of drug-likeness (QED) is 0.835. The van der Waals surface area contributed by atoms with Crippen molar-refractivity contribution in [1.29, 1.82) is 0 Å². The van der Waals surface area contributed by atoms with Gasteiger partial charge in [0, 0.05) is 31.1 Å². The van der Waals surface area contributed by atoms with Crippen LogP contribution in [0.2, 0.25) is 0 Å². The van der Waals surface area contributed by atoms with Crippen molar-refractivity contribution in [3.63, 3.8) is 0 Å². The first-order valence-corrected chi connectivity index (χ1v) is 7.65. The van der Waals surface area contributed by atoms with Gasteiger partial charge in [-0.3, -0.25) is 9.69 Å². The zero-order valence-electron chi connectivity index (χ0n) is 12.2. The van der Waals surface area contributed by atoms with Crippen LogP contribution in [-0.2, 0) is 15.1 Å². The number of hydrogen-bond donors (Lipinski definition) is 1. The van der Waals surface area contributed by atoms with E-state index < -0.39 is 5.54 Å². The highest BCUT2D eigenvalue weighted by atomic mass is 16.5. The summed E-state index contributed by atoms with van der Waals surface area (Å²) >= 11 is 0. The Bertz CT molecular complexity index is 626. The van der Waals surface area contributed by atoms with Crippen LogP contribution in [0.15, 0.2) is 24.3 Å². The number of nitrogens with zero attached hydrogens (tertiary/aromatic N) is 1. The van der Waals surface area contributed by atoms with Crippen LogP contribution >= 0.6 is 0 Å². The number of nitrogens with one attached hydrogen (secondary N) is 1. The Morgan fingerprint density at radius 2 is 2.14 bits per heavy atom. The molecule has 3 aliphatic heterocycles. The molecule has 2 saturated heterocycles. The zero-order chi connectivity index (χ0) is 15.2. The summed E-state index contributed by atoms with van der Waals surface area (Å²) in [4.78, 5) is 26.7. The van der Waals surface area contributed by atoms with Crippen molar-refractivity contribution in [2.24, 2.45) is 5.92 Å². The van der Waals surface area contributed by atoms with Crippen molar-refractivity contribution in [1.82, 2.24) is 10.2 Å². The Hall–Kier alpha value is -2.08. The molecule has 1 spiro atoms. The molecular formula is C16H18N2O4. The van der Waals surface area contributed by atoms with Crippen molar-refractivity contribution in [3.8, 4) is 5.75 Å². The van der Waals surface area contributed by atoms with Crippen LogP contribution in [0.5, 0.6) is 5.75 Å². The number of para-hydroxylation sites is 1. The first-order chi connectivity index (χ1) is 10.7. The van der Waals surface area contributed by atoms with Gasteiger partial charge in [0.05, 0.1) is 13.2 Å². The number of benzene rings is 1. The number of carbonyl (C=O) groups excluding carboxylic acids is 2. The normalized spacial score (nSPS) is 30.4. The fraction of sp³-hybridized carbons (Fsp3) is 0.500. The SMILES string of the molecule is O=C1NC2(CCOc3ccccc32)C(=O)N1CC1CCOC1. The summed E-state index contributed by atoms with van der Waals surface area (Å²) in [5.74, 6) is 0.744. The molecule has 6 heteroatoms. The molecule has 22 heavy (non-hydrogen) atoms. The third-order valence-electron chi connectivity index (χ3n) is 4.72. The maximum absolute atomic E-state index is 13.0. The Morgan fingerprint density at radius 1 is 1.27 bits per heavy atom. The minimum Gasteiger partial charge on any atom is -0.493 e. The van der Waals surface area contributed by atoms with Gasteiger partial charge in [0.15, 0.2) is 5.54 Å². The minimum absolute atomic E-state index is 0.167. The maximum Gasteiger partial charge on any atom is 0.325 e. The average molecular weight is 302 g/mol. The lowest BCUT2D eigenvalue weighted by Gasteiger charge is -2.33. The zero-order valence-corrected chi connectivity index (χ0v) is 12.2. The molecule has 3 aliphatic rings. The fourth-order valence-corrected chi connectivity index (χ4v) is 3.52. The van der Waals surface area contributed by atoms with Crippen LogP contribution < -0.4 is 10.1 Å². The predicted octanol–water partition coefficient (Wildman–Crippen LogP) is 1.25. The van der Waals surface area contributed by atoms with Crippen LogP contribution in [0.3, 0.4) is 0 Å². The van der Waals surface area contributed by atoms with E-state index in [2.05, 4.69) is 5.32 Å². The first kappa shape index (κ1) is 13.6. The highest BCUT2D eigenvalue weighted by Crippen LogP contribution is 2.41. The van der Waals surface area contributed by atoms with Crippen molar-refractivity contribution in [3.05, 3.63) is 29.8 Å². The lowest BCUT2D eigenvalue weighted by Crippen LogP contribution is -2.47. The number of ether oxygens (including phenoxy) is 2. The van der Waals surface area contributed by atoms with Crippen molar-refractivity contribution >= 4 is 11.9 Å². The Morgan fingerprint density at radius 3 is 2.95 bits per heavy atom. The number of rotatable bonds is 2. The van der Waals surface area contributed by atoms with Gasteiger partial charge in [-0.25, -0.2) is 4.79 Å². The van der Waals surface area contributed by atoms with E-state index in [1.54, 1.807) is 0 Å². The third-order valence-corrected chi connectivity index (χ3v) is 4.72. The number of imide groups is 1. The van der Waals surface area contributed by atoms with Gasteiger partial charge in [-0.15, -0.1) is 0 Å². The Kier molecular flexibility index (Phi) is 3.07. The molecule has 116 valence electrons. The summed E-state index contributed by atoms with van der Waals surface area (Å²) in [5, 5.41) is 2.92. The van der Waals surface area contributed by atoms with Gasteiger partial charge in [0.1, 0.15) is 5.75 Å². The standard InChI is InChI=1S/C16H18N2O4/c19-14-16(6-8-22-13-4-2-1-3-12(13)16)17-15(20)18(14)9-11-5-7-21-10-11/h1-4,11H,5-10H2,(H,17,20). The number of urea groups is 1. The molecule has 1 aromatic rings. The van der Waals surface area contributed by atoms with Gasteiger partial charge in [-0.05, 0) is 12.5 Å². The van der Waals surface area contributed by atoms with Gasteiger partial charge in [-0.2, -0.15) is 0 Å². The molecular weight excluding hydrogens is 284 g/mol. The van der Waals surface area contributed by atoms with Gasteiger partial charge < -0.3 is 14.8 Å². The van der Waals surface area contributed by atoms with E-state index >= 15 is 0 Å². The van der Waals surface area contributed by atoms with E-state index in [9.17, 15) is 9.59 Å². The molecule has 0 radical (unpaired) electrons. The van der Waals surface area contributed by atoms with E-state index in [0.29, 0.717) is 38.5 Å². The molecule has 2 unspecified atom stereocenters. The number of fused-ring (bicyclic) bond motifs is 2. The fourth-order valence-electron chi connectivity index (χ4n) is 3.52. The summed E-state index contributed by atoms with van der Waals surface area (Å²) in [6.45, 7) is 2.17. The molecule has 1 aromatic carbocycles. The Labute approximate surface area is 128 Å². The average Bonchev–Trinajstić information content (AvgIpc) is 3.12. The summed E-state index contributed by atoms with van der Waals surface area (Å²) in [5.41, 5.74) is -0.212. The number of amides is 3. The molecule has 0 aliphatic carbocycles. The topological polar surface area (TPSA) is 67.9 Å². The van der Waals surface area contributed by atoms with Crippen molar-refractivity contribution in [2.45, 2.75) is 18.4 Å². The largest absolute Gasteiger partial charge is 0.493 e. The van der Waals surface area contributed by atoms with E-state index in [-0.39, 0.29) is 17.9 Å². The van der Waals surface area contributed by atoms with Crippen LogP contribution in [0, 0.1) is 5.92 Å². The third kappa shape index (κ3) is 1.90. The summed E-state index contributed by atoms with van der Waals surface area (Å²) in [6.07, 6.45) is 1.36. The molecule has 3 heterocycles. The molecule has 0 bridgehead atoms. The summed E-state index contributed by atoms with van der Waals surface area (Å²) in [7, 11) is 0. The van der Waals surface area contributed by atoms with E-state index in [1.165, 1.54) is 4.90 Å². The van der Waals surface area contributed by atoms with Crippen molar-refractivity contribution < 1.29 is 19.1 Å². The lowest BCUT2D eigenvalue weighted by molar-refractivity contribution is -0.133. The van der Waals surface area contributed by atoms with Gasteiger partial charge in [0.2, 0.25) is 0 Å². The number of carbonyl (C=O) groups is 2. The van der Waals surface area contributed by atoms with Crippen molar-refractivity contribution in [2.75, 3.05) is 26.4 Å². The number of hydrogen-bond acceptors (Lipinski definition) is 4. The van der Waals surface area contributed by atoms with E-state index in [4.69, 9.17) is 9.47 Å². The lowest BCUT2D eigenvalue weighted by atomic mass is 9.84. The molecule has 0 aromatic heterocycles. The molecule has 2 fully saturated rings. The highest BCUT2D eigenvalue weighted by Gasteiger charge is 2.55. The van der Waals surface area contributed by atoms with E-state index in [1.807, 2.05) is 24.3 Å². The van der Waals surface area contributed by atoms with E-state index in [0.717, 1.165) is 12.0 Å². The second-order valence-corrected chi connectivity index (χ2v) is 6.08. The molecule has 2 atom stereocenters. The predicted molar refractivity (Wildman–Crippen MR) is 77.4 cm³/mol. The molecule has 4 rings (SSSR count). The highest BCUT2D eigenvalue weighted by molar-refractivity contribution is 6.08. The maximum atomic E-state index is 13.0. The van der Waals surface area contributed by atoms with Gasteiger partial charge in [-0.1, -0.05) is 18.2 Å². The molecule has 0 saturated carbocycles. The molecule has 3 amide bonds. The minimum atomic E-state index is -0.967. The smallest absolute Gasteiger partial charge is 0.325 e. The second kappa shape index (κ2) is 4.98. The van der Waals surface area contributed by atoms with Crippen LogP contribution in [0.4, 0.5) is 4.79 Å². The second-order valence-electron chi connectivity index (χ2n) is 6.08. The van der Waals surface area contributed by atoms with Gasteiger partial charge >= 0.3 is 6.03 Å². The summed E-state index contributed by atoms with van der Waals surface area (Å²) < 4.78 is 11.0. The molecule has 6 nitrogen and oxygen atoms in total. The first-order valence-electron chi connectivity index (χ1n) is 7.65.